The van der Waals surface area contributed by atoms with Gasteiger partial charge in [-0.1, -0.05) is 26.0 Å². The molecule has 1 atom stereocenters. The third kappa shape index (κ3) is 3.10. The summed E-state index contributed by atoms with van der Waals surface area (Å²) in [7, 11) is 0. The van der Waals surface area contributed by atoms with Gasteiger partial charge in [-0.2, -0.15) is 0 Å². The summed E-state index contributed by atoms with van der Waals surface area (Å²) in [6, 6.07) is 6.29. The number of nitrogens with two attached hydrogens (primary N) is 1. The molecule has 1 aromatic rings. The fraction of sp³-hybridized carbons (Fsp3) is 0.533. The van der Waals surface area contributed by atoms with Crippen LogP contribution in [-0.2, 0) is 4.79 Å². The van der Waals surface area contributed by atoms with E-state index in [4.69, 9.17) is 5.73 Å². The summed E-state index contributed by atoms with van der Waals surface area (Å²) >= 11 is 0. The van der Waals surface area contributed by atoms with E-state index in [1.165, 1.54) is 6.07 Å². The van der Waals surface area contributed by atoms with Gasteiger partial charge in [0.05, 0.1) is 11.7 Å². The molecule has 4 nitrogen and oxygen atoms in total. The van der Waals surface area contributed by atoms with Gasteiger partial charge in [0.25, 0.3) is 0 Å². The maximum atomic E-state index is 13.7. The Kier molecular flexibility index (Phi) is 4.60. The molecule has 110 valence electrons. The van der Waals surface area contributed by atoms with Crippen molar-refractivity contribution in [3.05, 3.63) is 30.1 Å². The summed E-state index contributed by atoms with van der Waals surface area (Å²) in [6.07, 6.45) is 0. The zero-order valence-corrected chi connectivity index (χ0v) is 12.1. The third-order valence-electron chi connectivity index (χ3n) is 3.79. The fourth-order valence-corrected chi connectivity index (χ4v) is 2.37. The monoisotopic (exact) mass is 279 g/mol. The first kappa shape index (κ1) is 14.8. The normalized spacial score (nSPS) is 17.4. The smallest absolute Gasteiger partial charge is 0.239 e. The number of benzene rings is 1. The number of carbonyl (C=O) groups excluding carboxylic acids is 1. The Labute approximate surface area is 119 Å². The molecule has 0 bridgehead atoms. The van der Waals surface area contributed by atoms with E-state index in [1.807, 2.05) is 24.8 Å². The molecule has 1 aromatic carbocycles. The van der Waals surface area contributed by atoms with Crippen LogP contribution >= 0.6 is 0 Å². The van der Waals surface area contributed by atoms with E-state index in [0.717, 1.165) is 0 Å². The zero-order chi connectivity index (χ0) is 14.7. The molecule has 1 saturated heterocycles. The maximum absolute atomic E-state index is 13.7. The Balaban J connectivity index is 1.96. The van der Waals surface area contributed by atoms with Crippen molar-refractivity contribution in [3.8, 4) is 0 Å². The minimum Gasteiger partial charge on any atom is -0.366 e. The molecule has 0 spiro atoms. The molecule has 1 aliphatic heterocycles. The van der Waals surface area contributed by atoms with Crippen molar-refractivity contribution >= 4 is 11.6 Å². The second-order valence-electron chi connectivity index (χ2n) is 5.53. The minimum atomic E-state index is -0.449. The molecule has 1 aliphatic rings. The molecule has 1 fully saturated rings. The number of carbonyl (C=O) groups is 1. The lowest BCUT2D eigenvalue weighted by atomic mass is 10.0. The summed E-state index contributed by atoms with van der Waals surface area (Å²) < 4.78 is 13.7. The van der Waals surface area contributed by atoms with Gasteiger partial charge in [0.15, 0.2) is 0 Å². The van der Waals surface area contributed by atoms with Gasteiger partial charge < -0.3 is 15.5 Å². The second kappa shape index (κ2) is 6.22. The maximum Gasteiger partial charge on any atom is 0.239 e. The lowest BCUT2D eigenvalue weighted by Gasteiger charge is -2.37. The van der Waals surface area contributed by atoms with Gasteiger partial charge in [-0.3, -0.25) is 4.79 Å². The summed E-state index contributed by atoms with van der Waals surface area (Å²) in [4.78, 5) is 15.9. The van der Waals surface area contributed by atoms with Crippen molar-refractivity contribution in [2.24, 2.45) is 11.7 Å². The van der Waals surface area contributed by atoms with Crippen LogP contribution in [0, 0.1) is 11.7 Å². The van der Waals surface area contributed by atoms with E-state index in [-0.39, 0.29) is 17.6 Å². The Bertz CT molecular complexity index is 470. The van der Waals surface area contributed by atoms with Crippen LogP contribution in [0.25, 0.3) is 0 Å². The Morgan fingerprint density at radius 2 is 1.80 bits per heavy atom. The number of anilines is 1. The van der Waals surface area contributed by atoms with Gasteiger partial charge >= 0.3 is 0 Å². The summed E-state index contributed by atoms with van der Waals surface area (Å²) in [5, 5.41) is 0. The molecule has 1 heterocycles. The van der Waals surface area contributed by atoms with E-state index in [0.29, 0.717) is 31.9 Å². The van der Waals surface area contributed by atoms with Crippen molar-refractivity contribution in [3.63, 3.8) is 0 Å². The highest BCUT2D eigenvalue weighted by atomic mass is 19.1. The quantitative estimate of drug-likeness (QED) is 0.911. The number of rotatable bonds is 3. The van der Waals surface area contributed by atoms with Crippen molar-refractivity contribution in [2.75, 3.05) is 31.1 Å². The fourth-order valence-electron chi connectivity index (χ4n) is 2.37. The number of halogens is 1. The minimum absolute atomic E-state index is 0.00631. The lowest BCUT2D eigenvalue weighted by molar-refractivity contribution is -0.133. The van der Waals surface area contributed by atoms with Crippen molar-refractivity contribution in [2.45, 2.75) is 19.9 Å². The summed E-state index contributed by atoms with van der Waals surface area (Å²) in [6.45, 7) is 6.34. The molecule has 0 radical (unpaired) electrons. The molecule has 1 amide bonds. The summed E-state index contributed by atoms with van der Waals surface area (Å²) in [5.74, 6) is -0.0913. The van der Waals surface area contributed by atoms with Crippen molar-refractivity contribution < 1.29 is 9.18 Å². The number of piperazine rings is 1. The first-order chi connectivity index (χ1) is 9.50. The van der Waals surface area contributed by atoms with Gasteiger partial charge in [0.1, 0.15) is 5.82 Å². The largest absolute Gasteiger partial charge is 0.366 e. The van der Waals surface area contributed by atoms with Crippen LogP contribution in [0.3, 0.4) is 0 Å². The van der Waals surface area contributed by atoms with Gasteiger partial charge in [0.2, 0.25) is 5.91 Å². The van der Waals surface area contributed by atoms with E-state index in [2.05, 4.69) is 0 Å². The molecule has 2 N–H and O–H groups in total. The highest BCUT2D eigenvalue weighted by Crippen LogP contribution is 2.20. The number of para-hydroxylation sites is 1. The first-order valence-electron chi connectivity index (χ1n) is 7.04. The van der Waals surface area contributed by atoms with Crippen LogP contribution in [0.4, 0.5) is 10.1 Å². The van der Waals surface area contributed by atoms with Gasteiger partial charge in [-0.15, -0.1) is 0 Å². The number of hydrogen-bond donors (Lipinski definition) is 1. The van der Waals surface area contributed by atoms with E-state index < -0.39 is 6.04 Å². The lowest BCUT2D eigenvalue weighted by Crippen LogP contribution is -2.54. The van der Waals surface area contributed by atoms with Crippen LogP contribution in [0.2, 0.25) is 0 Å². The molecule has 0 unspecified atom stereocenters. The zero-order valence-electron chi connectivity index (χ0n) is 12.1. The predicted octanol–water partition coefficient (Wildman–Crippen LogP) is 1.46. The van der Waals surface area contributed by atoms with Crippen molar-refractivity contribution in [1.82, 2.24) is 4.90 Å². The summed E-state index contributed by atoms with van der Waals surface area (Å²) in [5.41, 5.74) is 6.50. The highest BCUT2D eigenvalue weighted by molar-refractivity contribution is 5.82. The molecule has 0 saturated carbocycles. The van der Waals surface area contributed by atoms with Crippen LogP contribution in [0.1, 0.15) is 13.8 Å². The molecule has 0 aliphatic carbocycles. The van der Waals surface area contributed by atoms with E-state index in [9.17, 15) is 9.18 Å². The standard InChI is InChI=1S/C15H22FN3O/c1-11(2)14(17)15(20)19-9-7-18(8-10-19)13-6-4-3-5-12(13)16/h3-6,11,14H,7-10,17H2,1-2H3/t14-/m0/s1. The molecular formula is C15H22FN3O. The molecule has 20 heavy (non-hydrogen) atoms. The first-order valence-corrected chi connectivity index (χ1v) is 7.04. The van der Waals surface area contributed by atoms with Gasteiger partial charge in [-0.25, -0.2) is 4.39 Å². The Morgan fingerprint density at radius 1 is 1.20 bits per heavy atom. The molecule has 5 heteroatoms. The number of nitrogens with zero attached hydrogens (tertiary/aromatic N) is 2. The average molecular weight is 279 g/mol. The highest BCUT2D eigenvalue weighted by Gasteiger charge is 2.27. The predicted molar refractivity (Wildman–Crippen MR) is 78.0 cm³/mol. The van der Waals surface area contributed by atoms with Crippen molar-refractivity contribution in [1.29, 1.82) is 0 Å². The third-order valence-corrected chi connectivity index (χ3v) is 3.79. The topological polar surface area (TPSA) is 49.6 Å². The Hall–Kier alpha value is -1.62. The number of amides is 1. The van der Waals surface area contributed by atoms with Crippen LogP contribution in [-0.4, -0.2) is 43.0 Å². The molecule has 2 rings (SSSR count). The Morgan fingerprint density at radius 3 is 2.35 bits per heavy atom. The van der Waals surface area contributed by atoms with Gasteiger partial charge in [0, 0.05) is 26.2 Å². The van der Waals surface area contributed by atoms with Crippen LogP contribution in [0.5, 0.6) is 0 Å². The average Bonchev–Trinajstić information content (AvgIpc) is 2.46. The number of hydrogen-bond acceptors (Lipinski definition) is 3. The van der Waals surface area contributed by atoms with Gasteiger partial charge in [-0.05, 0) is 18.1 Å². The van der Waals surface area contributed by atoms with Crippen LogP contribution < -0.4 is 10.6 Å². The van der Waals surface area contributed by atoms with E-state index in [1.54, 1.807) is 17.0 Å². The molecular weight excluding hydrogens is 257 g/mol. The van der Waals surface area contributed by atoms with E-state index >= 15 is 0 Å². The SMILES string of the molecule is CC(C)[C@H](N)C(=O)N1CCN(c2ccccc2F)CC1. The van der Waals surface area contributed by atoms with Crippen LogP contribution in [0.15, 0.2) is 24.3 Å². The second-order valence-corrected chi connectivity index (χ2v) is 5.53. The molecule has 0 aromatic heterocycles.